The average molecular weight is 391 g/mol. The first-order valence-corrected chi connectivity index (χ1v) is 10.2. The van der Waals surface area contributed by atoms with Crippen molar-refractivity contribution in [3.63, 3.8) is 0 Å². The lowest BCUT2D eigenvalue weighted by atomic mass is 10.2. The summed E-state index contributed by atoms with van der Waals surface area (Å²) in [7, 11) is 1.63. The number of aliphatic imine (C=N–C) groups is 1. The van der Waals surface area contributed by atoms with Gasteiger partial charge in [0, 0.05) is 25.6 Å². The van der Waals surface area contributed by atoms with Crippen molar-refractivity contribution in [3.05, 3.63) is 24.3 Å². The largest absolute Gasteiger partial charge is 0.493 e. The van der Waals surface area contributed by atoms with Crippen molar-refractivity contribution < 1.29 is 14.3 Å². The predicted octanol–water partition coefficient (Wildman–Crippen LogP) is 2.47. The van der Waals surface area contributed by atoms with E-state index in [-0.39, 0.29) is 12.0 Å². The van der Waals surface area contributed by atoms with Crippen LogP contribution in [0.2, 0.25) is 0 Å². The average Bonchev–Trinajstić information content (AvgIpc) is 3.19. The van der Waals surface area contributed by atoms with Gasteiger partial charge < -0.3 is 25.4 Å². The number of rotatable bonds is 10. The first-order valence-electron chi connectivity index (χ1n) is 10.2. The minimum absolute atomic E-state index is 0.100. The zero-order valence-corrected chi connectivity index (χ0v) is 17.3. The summed E-state index contributed by atoms with van der Waals surface area (Å²) in [5.74, 6) is 2.20. The number of methoxy groups -OCH3 is 1. The number of hydrogen-bond acceptors (Lipinski definition) is 4. The summed E-state index contributed by atoms with van der Waals surface area (Å²) in [5, 5.41) is 9.52. The van der Waals surface area contributed by atoms with Crippen LogP contribution in [0.4, 0.5) is 0 Å². The molecule has 7 nitrogen and oxygen atoms in total. The maximum Gasteiger partial charge on any atom is 0.221 e. The predicted molar refractivity (Wildman–Crippen MR) is 112 cm³/mol. The van der Waals surface area contributed by atoms with Crippen molar-refractivity contribution in [1.82, 2.24) is 16.0 Å². The number of amides is 1. The molecule has 0 bridgehead atoms. The Kier molecular flexibility index (Phi) is 9.45. The molecule has 0 radical (unpaired) electrons. The van der Waals surface area contributed by atoms with Crippen molar-refractivity contribution >= 4 is 11.9 Å². The third-order valence-electron chi connectivity index (χ3n) is 4.61. The van der Waals surface area contributed by atoms with E-state index in [1.165, 1.54) is 12.8 Å². The topological polar surface area (TPSA) is 84.0 Å². The molecule has 0 heterocycles. The zero-order chi connectivity index (χ0) is 20.2. The summed E-state index contributed by atoms with van der Waals surface area (Å²) in [6.45, 7) is 5.77. The smallest absolute Gasteiger partial charge is 0.221 e. The summed E-state index contributed by atoms with van der Waals surface area (Å²) in [5.41, 5.74) is 0. The standard InChI is InChI=1S/C21H34N4O3/c1-4-22-21(23-14-13-20(26)25-17-9-5-6-10-17)24-15-16(2)28-19-12-8-7-11-18(19)27-3/h7-8,11-12,16-17H,4-6,9-10,13-15H2,1-3H3,(H,25,26)(H2,22,23,24). The summed E-state index contributed by atoms with van der Waals surface area (Å²) >= 11 is 0. The number of guanidine groups is 1. The molecule has 1 atom stereocenters. The van der Waals surface area contributed by atoms with Crippen LogP contribution < -0.4 is 25.4 Å². The lowest BCUT2D eigenvalue weighted by molar-refractivity contribution is -0.121. The number of ether oxygens (including phenoxy) is 2. The Morgan fingerprint density at radius 1 is 1.21 bits per heavy atom. The van der Waals surface area contributed by atoms with E-state index in [0.29, 0.717) is 43.0 Å². The molecule has 0 aliphatic heterocycles. The van der Waals surface area contributed by atoms with Gasteiger partial charge in [-0.15, -0.1) is 0 Å². The van der Waals surface area contributed by atoms with Gasteiger partial charge in [-0.2, -0.15) is 0 Å². The van der Waals surface area contributed by atoms with Crippen LogP contribution in [-0.2, 0) is 4.79 Å². The molecular formula is C21H34N4O3. The van der Waals surface area contributed by atoms with E-state index < -0.39 is 0 Å². The van der Waals surface area contributed by atoms with E-state index >= 15 is 0 Å². The van der Waals surface area contributed by atoms with Gasteiger partial charge in [0.05, 0.1) is 13.7 Å². The molecule has 0 saturated heterocycles. The number of benzene rings is 1. The Hall–Kier alpha value is -2.44. The Morgan fingerprint density at radius 2 is 1.93 bits per heavy atom. The second kappa shape index (κ2) is 12.1. The van der Waals surface area contributed by atoms with Gasteiger partial charge in [0.2, 0.25) is 5.91 Å². The summed E-state index contributed by atoms with van der Waals surface area (Å²) in [4.78, 5) is 16.6. The number of carbonyl (C=O) groups is 1. The molecule has 0 aromatic heterocycles. The fourth-order valence-corrected chi connectivity index (χ4v) is 3.20. The van der Waals surface area contributed by atoms with Crippen LogP contribution >= 0.6 is 0 Å². The Morgan fingerprint density at radius 3 is 2.61 bits per heavy atom. The Balaban J connectivity index is 1.76. The van der Waals surface area contributed by atoms with Crippen molar-refractivity contribution in [2.75, 3.05) is 26.7 Å². The van der Waals surface area contributed by atoms with Gasteiger partial charge >= 0.3 is 0 Å². The van der Waals surface area contributed by atoms with E-state index in [4.69, 9.17) is 9.47 Å². The number of hydrogen-bond donors (Lipinski definition) is 3. The molecule has 1 aromatic rings. The molecule has 1 saturated carbocycles. The third kappa shape index (κ3) is 7.66. The molecule has 1 aliphatic carbocycles. The van der Waals surface area contributed by atoms with E-state index in [1.54, 1.807) is 7.11 Å². The molecule has 1 aromatic carbocycles. The van der Waals surface area contributed by atoms with Crippen LogP contribution in [0.3, 0.4) is 0 Å². The van der Waals surface area contributed by atoms with Crippen LogP contribution in [0.15, 0.2) is 29.3 Å². The van der Waals surface area contributed by atoms with E-state index in [2.05, 4.69) is 20.9 Å². The molecule has 0 spiro atoms. The van der Waals surface area contributed by atoms with Crippen molar-refractivity contribution in [3.8, 4) is 11.5 Å². The van der Waals surface area contributed by atoms with Crippen LogP contribution in [0.25, 0.3) is 0 Å². The highest BCUT2D eigenvalue weighted by Gasteiger charge is 2.16. The lowest BCUT2D eigenvalue weighted by Gasteiger charge is -2.17. The zero-order valence-electron chi connectivity index (χ0n) is 17.3. The van der Waals surface area contributed by atoms with Gasteiger partial charge in [-0.05, 0) is 38.8 Å². The highest BCUT2D eigenvalue weighted by molar-refractivity contribution is 5.81. The number of nitrogens with zero attached hydrogens (tertiary/aromatic N) is 1. The fourth-order valence-electron chi connectivity index (χ4n) is 3.20. The molecule has 1 aliphatic rings. The fraction of sp³-hybridized carbons (Fsp3) is 0.619. The van der Waals surface area contributed by atoms with Gasteiger partial charge in [0.1, 0.15) is 6.10 Å². The van der Waals surface area contributed by atoms with Crippen LogP contribution in [0.1, 0.15) is 46.0 Å². The lowest BCUT2D eigenvalue weighted by Crippen LogP contribution is -2.41. The first kappa shape index (κ1) is 21.9. The van der Waals surface area contributed by atoms with Gasteiger partial charge in [0.25, 0.3) is 0 Å². The molecule has 1 fully saturated rings. The van der Waals surface area contributed by atoms with Gasteiger partial charge in [-0.3, -0.25) is 4.79 Å². The summed E-state index contributed by atoms with van der Waals surface area (Å²) in [6.07, 6.45) is 4.97. The minimum Gasteiger partial charge on any atom is -0.493 e. The third-order valence-corrected chi connectivity index (χ3v) is 4.61. The molecule has 7 heteroatoms. The first-order chi connectivity index (χ1) is 13.6. The maximum absolute atomic E-state index is 12.0. The summed E-state index contributed by atoms with van der Waals surface area (Å²) in [6, 6.07) is 7.93. The van der Waals surface area contributed by atoms with Crippen molar-refractivity contribution in [1.29, 1.82) is 0 Å². The molecule has 156 valence electrons. The summed E-state index contributed by atoms with van der Waals surface area (Å²) < 4.78 is 11.2. The molecule has 1 amide bonds. The Labute approximate surface area is 168 Å². The van der Waals surface area contributed by atoms with Crippen LogP contribution in [-0.4, -0.2) is 50.8 Å². The SMILES string of the molecule is CCNC(=NCC(C)Oc1ccccc1OC)NCCC(=O)NC1CCCC1. The molecule has 1 unspecified atom stereocenters. The van der Waals surface area contributed by atoms with E-state index in [9.17, 15) is 4.79 Å². The van der Waals surface area contributed by atoms with Crippen molar-refractivity contribution in [2.24, 2.45) is 4.99 Å². The highest BCUT2D eigenvalue weighted by Crippen LogP contribution is 2.26. The monoisotopic (exact) mass is 390 g/mol. The number of para-hydroxylation sites is 2. The Bertz CT molecular complexity index is 630. The molecule has 2 rings (SSSR count). The molecule has 28 heavy (non-hydrogen) atoms. The highest BCUT2D eigenvalue weighted by atomic mass is 16.5. The normalized spacial score (nSPS) is 15.8. The van der Waals surface area contributed by atoms with Gasteiger partial charge in [-0.25, -0.2) is 4.99 Å². The molecular weight excluding hydrogens is 356 g/mol. The number of nitrogens with one attached hydrogen (secondary N) is 3. The second-order valence-electron chi connectivity index (χ2n) is 7.02. The minimum atomic E-state index is -0.113. The van der Waals surface area contributed by atoms with Gasteiger partial charge in [-0.1, -0.05) is 25.0 Å². The van der Waals surface area contributed by atoms with Crippen LogP contribution in [0, 0.1) is 0 Å². The second-order valence-corrected chi connectivity index (χ2v) is 7.02. The van der Waals surface area contributed by atoms with Crippen LogP contribution in [0.5, 0.6) is 11.5 Å². The molecule has 3 N–H and O–H groups in total. The maximum atomic E-state index is 12.0. The van der Waals surface area contributed by atoms with Gasteiger partial charge in [0.15, 0.2) is 17.5 Å². The van der Waals surface area contributed by atoms with E-state index in [0.717, 1.165) is 19.4 Å². The van der Waals surface area contributed by atoms with E-state index in [1.807, 2.05) is 38.1 Å². The quantitative estimate of drug-likeness (QED) is 0.422. The number of carbonyl (C=O) groups excluding carboxylic acids is 1. The van der Waals surface area contributed by atoms with Crippen molar-refractivity contribution in [2.45, 2.75) is 58.1 Å².